The number of alkyl halides is 3. The molecule has 5 nitrogen and oxygen atoms in total. The fourth-order valence-corrected chi connectivity index (χ4v) is 3.41. The number of hydrogen-bond acceptors (Lipinski definition) is 3. The molecule has 1 heterocycles. The highest BCUT2D eigenvalue weighted by Crippen LogP contribution is 2.47. The number of amides is 2. The average Bonchev–Trinajstić information content (AvgIpc) is 3.13. The summed E-state index contributed by atoms with van der Waals surface area (Å²) in [6.45, 7) is 2.01. The van der Waals surface area contributed by atoms with Crippen LogP contribution in [0.15, 0.2) is 18.2 Å². The third-order valence-electron chi connectivity index (χ3n) is 5.24. The van der Waals surface area contributed by atoms with Gasteiger partial charge in [0.15, 0.2) is 0 Å². The third kappa shape index (κ3) is 4.41. The van der Waals surface area contributed by atoms with Crippen LogP contribution in [-0.2, 0) is 6.18 Å². The van der Waals surface area contributed by atoms with E-state index in [0.717, 1.165) is 50.9 Å². The Bertz CT molecular complexity index is 654. The maximum atomic E-state index is 13.0. The van der Waals surface area contributed by atoms with Crippen molar-refractivity contribution in [2.45, 2.75) is 38.3 Å². The van der Waals surface area contributed by atoms with Gasteiger partial charge >= 0.3 is 12.2 Å². The minimum atomic E-state index is -4.46. The fraction of sp³-hybridized carbons (Fsp3) is 0.611. The summed E-state index contributed by atoms with van der Waals surface area (Å²) in [7, 11) is 0. The summed E-state index contributed by atoms with van der Waals surface area (Å²) in [5, 5.41) is 14.4. The number of nitrogens with zero attached hydrogens (tertiary/aromatic N) is 1. The lowest BCUT2D eigenvalue weighted by atomic mass is 10.0. The number of halogens is 3. The summed E-state index contributed by atoms with van der Waals surface area (Å²) in [6.07, 6.45) is 0.00500. The van der Waals surface area contributed by atoms with Gasteiger partial charge in [-0.3, -0.25) is 0 Å². The molecule has 0 bridgehead atoms. The molecule has 1 aromatic carbocycles. The zero-order valence-corrected chi connectivity index (χ0v) is 14.5. The van der Waals surface area contributed by atoms with Crippen LogP contribution in [0.4, 0.5) is 29.3 Å². The van der Waals surface area contributed by atoms with E-state index in [1.807, 2.05) is 4.90 Å². The second-order valence-electron chi connectivity index (χ2n) is 7.21. The highest BCUT2D eigenvalue weighted by molar-refractivity contribution is 5.93. The van der Waals surface area contributed by atoms with Crippen LogP contribution in [0.3, 0.4) is 0 Å². The number of hydrogen-bond donors (Lipinski definition) is 3. The van der Waals surface area contributed by atoms with Crippen LogP contribution >= 0.6 is 0 Å². The number of urea groups is 1. The molecular weight excluding hydrogens is 347 g/mol. The van der Waals surface area contributed by atoms with Crippen molar-refractivity contribution < 1.29 is 23.1 Å². The molecule has 0 unspecified atom stereocenters. The molecule has 2 fully saturated rings. The molecular formula is C18H24F3N3O2. The van der Waals surface area contributed by atoms with E-state index in [0.29, 0.717) is 18.7 Å². The summed E-state index contributed by atoms with van der Waals surface area (Å²) in [4.78, 5) is 14.2. The van der Waals surface area contributed by atoms with E-state index in [4.69, 9.17) is 5.11 Å². The maximum Gasteiger partial charge on any atom is 0.416 e. The highest BCUT2D eigenvalue weighted by atomic mass is 19.4. The van der Waals surface area contributed by atoms with E-state index in [1.54, 1.807) is 0 Å². The molecule has 2 aliphatic rings. The van der Waals surface area contributed by atoms with Crippen LogP contribution in [0.2, 0.25) is 0 Å². The van der Waals surface area contributed by atoms with E-state index in [9.17, 15) is 18.0 Å². The quantitative estimate of drug-likeness (QED) is 0.716. The van der Waals surface area contributed by atoms with Gasteiger partial charge in [0.05, 0.1) is 16.9 Å². The summed E-state index contributed by atoms with van der Waals surface area (Å²) in [5.41, 5.74) is -0.0550. The summed E-state index contributed by atoms with van der Waals surface area (Å²) < 4.78 is 39.1. The van der Waals surface area contributed by atoms with Crippen LogP contribution < -0.4 is 15.5 Å². The molecule has 144 valence electrons. The van der Waals surface area contributed by atoms with Crippen molar-refractivity contribution in [1.82, 2.24) is 5.32 Å². The van der Waals surface area contributed by atoms with Crippen molar-refractivity contribution in [3.05, 3.63) is 23.8 Å². The Balaban J connectivity index is 1.72. The number of anilines is 2. The van der Waals surface area contributed by atoms with Gasteiger partial charge in [-0.2, -0.15) is 13.2 Å². The van der Waals surface area contributed by atoms with Gasteiger partial charge in [0.2, 0.25) is 0 Å². The first-order valence-electron chi connectivity index (χ1n) is 8.95. The minimum absolute atomic E-state index is 0.0578. The maximum absolute atomic E-state index is 13.0. The normalized spacial score (nSPS) is 18.7. The number of carbonyl (C=O) groups is 1. The van der Waals surface area contributed by atoms with Crippen LogP contribution in [0.5, 0.6) is 0 Å². The Labute approximate surface area is 150 Å². The Hall–Kier alpha value is -1.96. The number of aliphatic hydroxyl groups is 1. The zero-order valence-electron chi connectivity index (χ0n) is 14.5. The molecule has 1 saturated carbocycles. The molecule has 26 heavy (non-hydrogen) atoms. The van der Waals surface area contributed by atoms with Gasteiger partial charge in [0, 0.05) is 26.2 Å². The van der Waals surface area contributed by atoms with Gasteiger partial charge in [-0.05, 0) is 55.7 Å². The van der Waals surface area contributed by atoms with E-state index >= 15 is 0 Å². The molecule has 0 radical (unpaired) electrons. The monoisotopic (exact) mass is 371 g/mol. The zero-order chi connectivity index (χ0) is 18.8. The Kier molecular flexibility index (Phi) is 5.32. The predicted molar refractivity (Wildman–Crippen MR) is 93.3 cm³/mol. The van der Waals surface area contributed by atoms with E-state index in [-0.39, 0.29) is 17.7 Å². The second-order valence-corrected chi connectivity index (χ2v) is 7.21. The average molecular weight is 371 g/mol. The van der Waals surface area contributed by atoms with Gasteiger partial charge in [-0.25, -0.2) is 4.79 Å². The molecule has 2 amide bonds. The smallest absolute Gasteiger partial charge is 0.396 e. The third-order valence-corrected chi connectivity index (χ3v) is 5.24. The predicted octanol–water partition coefficient (Wildman–Crippen LogP) is 3.59. The second kappa shape index (κ2) is 7.34. The van der Waals surface area contributed by atoms with Gasteiger partial charge in [-0.1, -0.05) is 0 Å². The van der Waals surface area contributed by atoms with Crippen molar-refractivity contribution in [2.75, 3.05) is 36.5 Å². The highest BCUT2D eigenvalue weighted by Gasteiger charge is 2.42. The molecule has 3 rings (SSSR count). The summed E-state index contributed by atoms with van der Waals surface area (Å²) in [5.74, 6) is 0. The Morgan fingerprint density at radius 1 is 1.23 bits per heavy atom. The number of nitrogens with one attached hydrogen (secondary N) is 2. The molecule has 1 aliphatic heterocycles. The van der Waals surface area contributed by atoms with Crippen molar-refractivity contribution in [1.29, 1.82) is 0 Å². The fourth-order valence-electron chi connectivity index (χ4n) is 3.41. The molecule has 3 N–H and O–H groups in total. The van der Waals surface area contributed by atoms with Crippen LogP contribution in [0, 0.1) is 5.41 Å². The lowest BCUT2D eigenvalue weighted by Crippen LogP contribution is -2.34. The lowest BCUT2D eigenvalue weighted by Gasteiger charge is -2.23. The number of aliphatic hydroxyl groups excluding tert-OH is 1. The topological polar surface area (TPSA) is 64.6 Å². The van der Waals surface area contributed by atoms with E-state index in [1.165, 1.54) is 6.07 Å². The first kappa shape index (κ1) is 18.8. The van der Waals surface area contributed by atoms with Crippen LogP contribution in [0.25, 0.3) is 0 Å². The molecule has 0 atom stereocenters. The minimum Gasteiger partial charge on any atom is -0.396 e. The lowest BCUT2D eigenvalue weighted by molar-refractivity contribution is -0.137. The largest absolute Gasteiger partial charge is 0.416 e. The number of carbonyl (C=O) groups excluding carboxylic acids is 1. The summed E-state index contributed by atoms with van der Waals surface area (Å²) in [6, 6.07) is 2.96. The van der Waals surface area contributed by atoms with Gasteiger partial charge < -0.3 is 20.6 Å². The Morgan fingerprint density at radius 3 is 2.50 bits per heavy atom. The van der Waals surface area contributed by atoms with Gasteiger partial charge in [0.1, 0.15) is 0 Å². The van der Waals surface area contributed by atoms with Crippen molar-refractivity contribution >= 4 is 17.4 Å². The van der Waals surface area contributed by atoms with Crippen LogP contribution in [0.1, 0.15) is 37.7 Å². The van der Waals surface area contributed by atoms with E-state index in [2.05, 4.69) is 10.6 Å². The van der Waals surface area contributed by atoms with Gasteiger partial charge in [0.25, 0.3) is 0 Å². The van der Waals surface area contributed by atoms with Crippen molar-refractivity contribution in [3.63, 3.8) is 0 Å². The van der Waals surface area contributed by atoms with Crippen molar-refractivity contribution in [2.24, 2.45) is 5.41 Å². The molecule has 1 aromatic rings. The molecule has 0 spiro atoms. The van der Waals surface area contributed by atoms with Gasteiger partial charge in [-0.15, -0.1) is 0 Å². The summed E-state index contributed by atoms with van der Waals surface area (Å²) >= 11 is 0. The Morgan fingerprint density at radius 2 is 1.92 bits per heavy atom. The first-order chi connectivity index (χ1) is 12.3. The molecule has 0 aromatic heterocycles. The van der Waals surface area contributed by atoms with Crippen LogP contribution in [-0.4, -0.2) is 37.4 Å². The molecule has 1 aliphatic carbocycles. The number of rotatable bonds is 6. The van der Waals surface area contributed by atoms with E-state index < -0.39 is 17.8 Å². The number of benzene rings is 1. The molecule has 8 heteroatoms. The SMILES string of the molecule is O=C(NCC1(CCO)CC1)Nc1cc(C(F)(F)F)ccc1N1CCCC1. The molecule has 1 saturated heterocycles. The van der Waals surface area contributed by atoms with Crippen molar-refractivity contribution in [3.8, 4) is 0 Å². The standard InChI is InChI=1S/C18H24F3N3O2/c19-18(20,21)13-3-4-15(24-8-1-2-9-24)14(11-13)23-16(26)22-12-17(5-6-17)7-10-25/h3-4,11,25H,1-2,5-10,12H2,(H2,22,23,26). The first-order valence-corrected chi connectivity index (χ1v) is 8.95.